The van der Waals surface area contributed by atoms with E-state index in [-0.39, 0.29) is 17.8 Å². The van der Waals surface area contributed by atoms with Crippen molar-refractivity contribution in [3.05, 3.63) is 135 Å². The molecule has 0 spiro atoms. The van der Waals surface area contributed by atoms with Gasteiger partial charge in [-0.05, 0) is 89.6 Å². The number of nitrogens with zero attached hydrogens (tertiary/aromatic N) is 2. The molecule has 2 aliphatic heterocycles. The molecular weight excluding hydrogens is 898 g/mol. The Balaban J connectivity index is 0.000000363. The predicted molar refractivity (Wildman–Crippen MR) is 244 cm³/mol. The van der Waals surface area contributed by atoms with Crippen molar-refractivity contribution in [2.75, 3.05) is 31.7 Å². The van der Waals surface area contributed by atoms with Crippen LogP contribution < -0.4 is 4.90 Å². The minimum atomic E-state index is -6.51. The highest BCUT2D eigenvalue weighted by molar-refractivity contribution is 8.13. The zero-order valence-corrected chi connectivity index (χ0v) is 39.0. The largest absolute Gasteiger partial charge is 0.469 e. The molecule has 0 radical (unpaired) electrons. The Labute approximate surface area is 376 Å². The van der Waals surface area contributed by atoms with Gasteiger partial charge in [0, 0.05) is 59.6 Å². The van der Waals surface area contributed by atoms with E-state index in [1.54, 1.807) is 7.11 Å². The Hall–Kier alpha value is -4.44. The minimum absolute atomic E-state index is 0.119. The summed E-state index contributed by atoms with van der Waals surface area (Å²) in [6.07, 6.45) is 13.4. The van der Waals surface area contributed by atoms with E-state index in [1.165, 1.54) is 66.6 Å². The Bertz CT molecular complexity index is 2810. The van der Waals surface area contributed by atoms with Gasteiger partial charge in [0.15, 0.2) is 5.71 Å². The van der Waals surface area contributed by atoms with E-state index >= 15 is 0 Å². The highest BCUT2D eigenvalue weighted by atomic mass is 35.5. The summed E-state index contributed by atoms with van der Waals surface area (Å²) in [5.41, 5.74) is -1.99. The normalized spacial score (nSPS) is 19.1. The molecule has 2 heterocycles. The standard InChI is InChI=1S/C44H48ClN2O.C4H3F6O4S2/c1-7-27-46-36-23-19-30-13-8-10-17-34(30)40(36)43(2,3)38(46)25-21-32-15-12-16-33(42(32)45)22-26-39-44(4,5)41-35-18-11-9-14-31(35)20-24-37(41)47(39)28-29-48-6;1-2(15(11,12)3(5,6)7)16(13,14)4(8,9)10/h8-11,13-14,17-26H,7,12,15-16,27-29H2,1-6H3;1H3/q+1;-1. The number of hydrogen-bond donors (Lipinski definition) is 0. The molecule has 344 valence electrons. The number of methoxy groups -OCH3 is 1. The third kappa shape index (κ3) is 8.81. The van der Waals surface area contributed by atoms with Gasteiger partial charge in [-0.3, -0.25) is 16.8 Å². The molecule has 0 saturated heterocycles. The van der Waals surface area contributed by atoms with Crippen LogP contribution in [0.15, 0.2) is 119 Å². The number of fused-ring (bicyclic) bond motifs is 6. The first kappa shape index (κ1) is 49.0. The molecule has 0 bridgehead atoms. The highest BCUT2D eigenvalue weighted by Gasteiger charge is 2.52. The van der Waals surface area contributed by atoms with Gasteiger partial charge in [-0.15, -0.1) is 0 Å². The summed E-state index contributed by atoms with van der Waals surface area (Å²) in [6, 6.07) is 26.7. The van der Waals surface area contributed by atoms with Gasteiger partial charge in [-0.25, -0.2) is 0 Å². The van der Waals surface area contributed by atoms with Crippen LogP contribution in [-0.2, 0) is 35.2 Å². The molecule has 64 heavy (non-hydrogen) atoms. The van der Waals surface area contributed by atoms with E-state index in [4.69, 9.17) is 16.3 Å². The highest BCUT2D eigenvalue weighted by Crippen LogP contribution is 2.51. The fourth-order valence-corrected chi connectivity index (χ4v) is 11.7. The van der Waals surface area contributed by atoms with Crippen molar-refractivity contribution >= 4 is 69.9 Å². The molecule has 4 aromatic rings. The number of allylic oxidation sites excluding steroid dienone is 8. The number of ether oxygens (including phenoxy) is 1. The van der Waals surface area contributed by atoms with E-state index in [0.717, 1.165) is 43.8 Å². The van der Waals surface area contributed by atoms with Crippen molar-refractivity contribution < 1.29 is 52.5 Å². The Morgan fingerprint density at radius 3 is 1.91 bits per heavy atom. The monoisotopic (exact) mass is 948 g/mol. The quantitative estimate of drug-likeness (QED) is 0.0895. The third-order valence-electron chi connectivity index (χ3n) is 12.2. The molecule has 7 nitrogen and oxygen atoms in total. The predicted octanol–water partition coefficient (Wildman–Crippen LogP) is 12.6. The van der Waals surface area contributed by atoms with Gasteiger partial charge in [0.1, 0.15) is 26.2 Å². The number of hydrogen-bond acceptors (Lipinski definition) is 6. The summed E-state index contributed by atoms with van der Waals surface area (Å²) in [7, 11) is -11.2. The molecule has 0 fully saturated rings. The summed E-state index contributed by atoms with van der Waals surface area (Å²) in [6.45, 7) is 13.9. The lowest BCUT2D eigenvalue weighted by Gasteiger charge is -2.27. The van der Waals surface area contributed by atoms with Gasteiger partial charge in [-0.1, -0.05) is 104 Å². The fraction of sp³-hybridized carbons (Fsp3) is 0.375. The second-order valence-electron chi connectivity index (χ2n) is 17.0. The van der Waals surface area contributed by atoms with Crippen LogP contribution in [0.3, 0.4) is 0 Å². The summed E-state index contributed by atoms with van der Waals surface area (Å²) >= 11 is 7.29. The average molecular weight is 950 g/mol. The molecule has 1 aliphatic carbocycles. The molecule has 0 atom stereocenters. The molecule has 7 rings (SSSR count). The van der Waals surface area contributed by atoms with E-state index in [9.17, 15) is 43.2 Å². The molecule has 16 heteroatoms. The molecule has 0 aromatic heterocycles. The van der Waals surface area contributed by atoms with Crippen LogP contribution in [0, 0.1) is 4.58 Å². The second kappa shape index (κ2) is 18.1. The molecule has 0 unspecified atom stereocenters. The van der Waals surface area contributed by atoms with E-state index < -0.39 is 35.3 Å². The van der Waals surface area contributed by atoms with E-state index in [0.29, 0.717) is 6.61 Å². The third-order valence-corrected chi connectivity index (χ3v) is 16.7. The zero-order chi connectivity index (χ0) is 47.2. The number of anilines is 1. The van der Waals surface area contributed by atoms with E-state index in [1.807, 2.05) is 0 Å². The first-order chi connectivity index (χ1) is 29.8. The van der Waals surface area contributed by atoms with Gasteiger partial charge in [0.05, 0.1) is 12.0 Å². The summed E-state index contributed by atoms with van der Waals surface area (Å²) in [4.78, 5) is 2.45. The van der Waals surface area contributed by atoms with Crippen molar-refractivity contribution in [3.63, 3.8) is 0 Å². The molecule has 4 aromatic carbocycles. The van der Waals surface area contributed by atoms with Gasteiger partial charge >= 0.3 is 11.0 Å². The average Bonchev–Trinajstić information content (AvgIpc) is 3.59. The van der Waals surface area contributed by atoms with Crippen molar-refractivity contribution in [2.45, 2.75) is 89.1 Å². The molecule has 0 saturated carbocycles. The van der Waals surface area contributed by atoms with Crippen LogP contribution in [0.25, 0.3) is 21.5 Å². The maximum absolute atomic E-state index is 11.8. The number of benzene rings is 4. The minimum Gasteiger partial charge on any atom is -0.383 e. The van der Waals surface area contributed by atoms with Gasteiger partial charge in [0.25, 0.3) is 0 Å². The molecule has 3 aliphatic rings. The van der Waals surface area contributed by atoms with Gasteiger partial charge in [0.2, 0.25) is 5.69 Å². The number of halogens is 7. The number of sulfone groups is 2. The number of rotatable bonds is 10. The molecule has 0 N–H and O–H groups in total. The lowest BCUT2D eigenvalue weighted by atomic mass is 9.78. The summed E-state index contributed by atoms with van der Waals surface area (Å²) in [5.74, 6) is 0. The summed E-state index contributed by atoms with van der Waals surface area (Å²) < 4.78 is 118. The van der Waals surface area contributed by atoms with Crippen LogP contribution in [0.2, 0.25) is 0 Å². The molecule has 0 amide bonds. The Morgan fingerprint density at radius 1 is 0.781 bits per heavy atom. The SMILES string of the molecule is CCC[N+]1=C(C=CC2=C(Cl)C(=CC=C3N(CCOC)c4ccc5ccccc5c4C3(C)C)CCC2)C(C)(C)c2c1ccc1ccccc21.C[C-](S(=O)(=O)C(F)(F)F)S(=O)(=O)C(F)(F)F. The molecular formula is C48H51ClF6N2O5S2. The maximum atomic E-state index is 11.8. The van der Waals surface area contributed by atoms with Crippen LogP contribution in [0.5, 0.6) is 0 Å². The van der Waals surface area contributed by atoms with Crippen LogP contribution in [-0.4, -0.2) is 64.9 Å². The number of alkyl halides is 6. The second-order valence-corrected chi connectivity index (χ2v) is 21.8. The lowest BCUT2D eigenvalue weighted by Crippen LogP contribution is -2.37. The Kier molecular flexibility index (Phi) is 13.9. The van der Waals surface area contributed by atoms with E-state index in [2.05, 4.69) is 141 Å². The van der Waals surface area contributed by atoms with Crippen LogP contribution >= 0.6 is 11.6 Å². The van der Waals surface area contributed by atoms with Crippen molar-refractivity contribution in [3.8, 4) is 0 Å². The fourth-order valence-electron chi connectivity index (χ4n) is 9.00. The lowest BCUT2D eigenvalue weighted by molar-refractivity contribution is -0.437. The first-order valence-electron chi connectivity index (χ1n) is 20.7. The summed E-state index contributed by atoms with van der Waals surface area (Å²) in [5, 5.41) is 6.15. The Morgan fingerprint density at radius 2 is 1.34 bits per heavy atom. The topological polar surface area (TPSA) is 83.8 Å². The first-order valence-corrected chi connectivity index (χ1v) is 24.1. The van der Waals surface area contributed by atoms with Crippen molar-refractivity contribution in [1.29, 1.82) is 0 Å². The smallest absolute Gasteiger partial charge is 0.383 e. The van der Waals surface area contributed by atoms with Crippen molar-refractivity contribution in [1.82, 2.24) is 0 Å². The zero-order valence-electron chi connectivity index (χ0n) is 36.6. The van der Waals surface area contributed by atoms with Crippen molar-refractivity contribution in [2.24, 2.45) is 0 Å². The van der Waals surface area contributed by atoms with Gasteiger partial charge < -0.3 is 9.64 Å². The van der Waals surface area contributed by atoms with Crippen LogP contribution in [0.1, 0.15) is 78.4 Å². The maximum Gasteiger partial charge on any atom is 0.469 e. The van der Waals surface area contributed by atoms with Gasteiger partial charge in [-0.2, -0.15) is 37.8 Å². The van der Waals surface area contributed by atoms with Crippen LogP contribution in [0.4, 0.5) is 37.7 Å².